The summed E-state index contributed by atoms with van der Waals surface area (Å²) in [5, 5.41) is 17.2. The molecule has 0 aliphatic rings. The average Bonchev–Trinajstić information content (AvgIpc) is 2.69. The van der Waals surface area contributed by atoms with E-state index in [9.17, 15) is 19.7 Å². The van der Waals surface area contributed by atoms with Gasteiger partial charge in [-0.3, -0.25) is 14.9 Å². The lowest BCUT2D eigenvalue weighted by Crippen LogP contribution is -2.21. The number of carbonyl (C=O) groups is 2. The number of rotatable bonds is 9. The molecule has 2 rings (SSSR count). The Morgan fingerprint density at radius 3 is 2.59 bits per heavy atom. The molecule has 154 valence electrons. The second-order valence-electron chi connectivity index (χ2n) is 5.66. The van der Waals surface area contributed by atoms with Gasteiger partial charge in [0.05, 0.1) is 27.8 Å². The third-order valence-corrected chi connectivity index (χ3v) is 4.15. The quantitative estimate of drug-likeness (QED) is 0.263. The zero-order valence-electron chi connectivity index (χ0n) is 15.2. The van der Waals surface area contributed by atoms with Crippen LogP contribution in [0.4, 0.5) is 17.1 Å². The standard InChI is InChI=1S/C18H17Cl2N3O6/c1-28-7-6-21-14-5-2-11(8-16(14)23(26)27)18(25)29-10-17(24)22-15-9-12(19)3-4-13(15)20/h2-5,8-9,21H,6-7,10H2,1H3,(H,22,24). The lowest BCUT2D eigenvalue weighted by atomic mass is 10.1. The van der Waals surface area contributed by atoms with E-state index in [1.807, 2.05) is 0 Å². The molecule has 0 heterocycles. The second-order valence-corrected chi connectivity index (χ2v) is 6.50. The lowest BCUT2D eigenvalue weighted by molar-refractivity contribution is -0.384. The Kier molecular flexibility index (Phi) is 8.20. The number of methoxy groups -OCH3 is 1. The number of benzene rings is 2. The van der Waals surface area contributed by atoms with Crippen LogP contribution in [0, 0.1) is 10.1 Å². The van der Waals surface area contributed by atoms with E-state index in [1.165, 1.54) is 31.4 Å². The van der Waals surface area contributed by atoms with Crippen molar-refractivity contribution in [2.45, 2.75) is 0 Å². The summed E-state index contributed by atoms with van der Waals surface area (Å²) in [7, 11) is 1.51. The Bertz CT molecular complexity index is 922. The molecule has 11 heteroatoms. The van der Waals surface area contributed by atoms with Gasteiger partial charge in [0.1, 0.15) is 5.69 Å². The van der Waals surface area contributed by atoms with Crippen LogP contribution >= 0.6 is 23.2 Å². The first-order valence-electron chi connectivity index (χ1n) is 8.25. The predicted octanol–water partition coefficient (Wildman–Crippen LogP) is 3.76. The summed E-state index contributed by atoms with van der Waals surface area (Å²) >= 11 is 11.8. The van der Waals surface area contributed by atoms with Crippen LogP contribution in [0.2, 0.25) is 10.0 Å². The summed E-state index contributed by atoms with van der Waals surface area (Å²) in [5.74, 6) is -1.53. The van der Waals surface area contributed by atoms with Crippen molar-refractivity contribution in [2.24, 2.45) is 0 Å². The number of hydrogen-bond donors (Lipinski definition) is 2. The number of nitrogens with zero attached hydrogens (tertiary/aromatic N) is 1. The molecule has 0 aliphatic heterocycles. The van der Waals surface area contributed by atoms with Gasteiger partial charge in [0, 0.05) is 24.7 Å². The minimum atomic E-state index is -0.885. The minimum Gasteiger partial charge on any atom is -0.452 e. The maximum absolute atomic E-state index is 12.2. The number of hydrogen-bond acceptors (Lipinski definition) is 7. The molecule has 29 heavy (non-hydrogen) atoms. The second kappa shape index (κ2) is 10.6. The maximum Gasteiger partial charge on any atom is 0.338 e. The number of esters is 1. The highest BCUT2D eigenvalue weighted by Gasteiger charge is 2.19. The number of anilines is 2. The fraction of sp³-hybridized carbons (Fsp3) is 0.222. The highest BCUT2D eigenvalue weighted by molar-refractivity contribution is 6.35. The van der Waals surface area contributed by atoms with E-state index >= 15 is 0 Å². The van der Waals surface area contributed by atoms with Crippen LogP contribution in [-0.4, -0.2) is 43.7 Å². The van der Waals surface area contributed by atoms with Crippen molar-refractivity contribution in [2.75, 3.05) is 37.5 Å². The summed E-state index contributed by atoms with van der Waals surface area (Å²) in [6, 6.07) is 8.32. The van der Waals surface area contributed by atoms with Gasteiger partial charge >= 0.3 is 5.97 Å². The molecule has 2 N–H and O–H groups in total. The fourth-order valence-corrected chi connectivity index (χ4v) is 2.58. The predicted molar refractivity (Wildman–Crippen MR) is 109 cm³/mol. The Morgan fingerprint density at radius 1 is 1.14 bits per heavy atom. The van der Waals surface area contributed by atoms with E-state index in [2.05, 4.69) is 10.6 Å². The first-order valence-corrected chi connectivity index (χ1v) is 9.00. The van der Waals surface area contributed by atoms with Crippen LogP contribution in [0.25, 0.3) is 0 Å². The van der Waals surface area contributed by atoms with Crippen molar-refractivity contribution >= 4 is 52.1 Å². The molecule has 0 unspecified atom stereocenters. The molecular weight excluding hydrogens is 425 g/mol. The number of halogens is 2. The van der Waals surface area contributed by atoms with Gasteiger partial charge in [-0.05, 0) is 30.3 Å². The van der Waals surface area contributed by atoms with E-state index in [1.54, 1.807) is 6.07 Å². The number of nitrogens with one attached hydrogen (secondary N) is 2. The Balaban J connectivity index is 2.00. The zero-order valence-corrected chi connectivity index (χ0v) is 16.7. The number of carbonyl (C=O) groups excluding carboxylic acids is 2. The molecule has 2 aromatic carbocycles. The molecule has 0 fully saturated rings. The molecule has 0 saturated carbocycles. The zero-order chi connectivity index (χ0) is 21.4. The number of ether oxygens (including phenoxy) is 2. The molecule has 9 nitrogen and oxygen atoms in total. The summed E-state index contributed by atoms with van der Waals surface area (Å²) in [4.78, 5) is 34.8. The van der Waals surface area contributed by atoms with Crippen molar-refractivity contribution in [3.63, 3.8) is 0 Å². The van der Waals surface area contributed by atoms with E-state index in [0.29, 0.717) is 18.2 Å². The van der Waals surface area contributed by atoms with Crippen molar-refractivity contribution in [3.8, 4) is 0 Å². The Morgan fingerprint density at radius 2 is 1.90 bits per heavy atom. The topological polar surface area (TPSA) is 120 Å². The van der Waals surface area contributed by atoms with Crippen LogP contribution < -0.4 is 10.6 Å². The van der Waals surface area contributed by atoms with Crippen molar-refractivity contribution in [3.05, 3.63) is 62.1 Å². The fourth-order valence-electron chi connectivity index (χ4n) is 2.24. The van der Waals surface area contributed by atoms with E-state index in [0.717, 1.165) is 6.07 Å². The van der Waals surface area contributed by atoms with Crippen molar-refractivity contribution < 1.29 is 24.0 Å². The molecule has 0 bridgehead atoms. The van der Waals surface area contributed by atoms with E-state index < -0.39 is 23.4 Å². The largest absolute Gasteiger partial charge is 0.452 e. The first kappa shape index (κ1) is 22.4. The van der Waals surface area contributed by atoms with Gasteiger partial charge in [-0.2, -0.15) is 0 Å². The van der Waals surface area contributed by atoms with Gasteiger partial charge in [0.15, 0.2) is 6.61 Å². The van der Waals surface area contributed by atoms with Crippen LogP contribution in [0.1, 0.15) is 10.4 Å². The normalized spacial score (nSPS) is 10.3. The number of nitro groups is 1. The lowest BCUT2D eigenvalue weighted by Gasteiger charge is -2.10. The molecule has 0 aliphatic carbocycles. The monoisotopic (exact) mass is 441 g/mol. The van der Waals surface area contributed by atoms with Gasteiger partial charge in [0.2, 0.25) is 0 Å². The Labute approximate surface area is 176 Å². The smallest absolute Gasteiger partial charge is 0.338 e. The van der Waals surface area contributed by atoms with Gasteiger partial charge in [-0.25, -0.2) is 4.79 Å². The van der Waals surface area contributed by atoms with Crippen LogP contribution in [-0.2, 0) is 14.3 Å². The SMILES string of the molecule is COCCNc1ccc(C(=O)OCC(=O)Nc2cc(Cl)ccc2Cl)cc1[N+](=O)[O-]. The molecule has 0 saturated heterocycles. The van der Waals surface area contributed by atoms with Crippen molar-refractivity contribution in [1.82, 2.24) is 0 Å². The summed E-state index contributed by atoms with van der Waals surface area (Å²) in [6.45, 7) is 0.101. The number of amides is 1. The molecule has 0 aromatic heterocycles. The maximum atomic E-state index is 12.2. The minimum absolute atomic E-state index is 0.0671. The summed E-state index contributed by atoms with van der Waals surface area (Å²) < 4.78 is 9.79. The van der Waals surface area contributed by atoms with Crippen LogP contribution in [0.15, 0.2) is 36.4 Å². The third-order valence-electron chi connectivity index (χ3n) is 3.59. The third kappa shape index (κ3) is 6.60. The van der Waals surface area contributed by atoms with Gasteiger partial charge in [-0.15, -0.1) is 0 Å². The molecular formula is C18H17Cl2N3O6. The molecule has 0 radical (unpaired) electrons. The Hall–Kier alpha value is -2.88. The van der Waals surface area contributed by atoms with Crippen LogP contribution in [0.5, 0.6) is 0 Å². The van der Waals surface area contributed by atoms with E-state index in [-0.39, 0.29) is 27.6 Å². The van der Waals surface area contributed by atoms with Gasteiger partial charge in [0.25, 0.3) is 11.6 Å². The summed E-state index contributed by atoms with van der Waals surface area (Å²) in [5.41, 5.74) is 0.132. The van der Waals surface area contributed by atoms with Gasteiger partial charge < -0.3 is 20.1 Å². The average molecular weight is 442 g/mol. The summed E-state index contributed by atoms with van der Waals surface area (Å²) in [6.07, 6.45) is 0. The van der Waals surface area contributed by atoms with Crippen molar-refractivity contribution in [1.29, 1.82) is 0 Å². The van der Waals surface area contributed by atoms with Crippen LogP contribution in [0.3, 0.4) is 0 Å². The molecule has 1 amide bonds. The highest BCUT2D eigenvalue weighted by Crippen LogP contribution is 2.26. The molecule has 0 spiro atoms. The van der Waals surface area contributed by atoms with Gasteiger partial charge in [-0.1, -0.05) is 23.2 Å². The number of nitro benzene ring substituents is 1. The highest BCUT2D eigenvalue weighted by atomic mass is 35.5. The van der Waals surface area contributed by atoms with E-state index in [4.69, 9.17) is 32.7 Å². The molecule has 2 aromatic rings. The molecule has 0 atom stereocenters. The first-order chi connectivity index (χ1) is 13.8.